The highest BCUT2D eigenvalue weighted by Gasteiger charge is 2.06. The fourth-order valence-electron chi connectivity index (χ4n) is 1.77. The number of nitrogens with zero attached hydrogens (tertiary/aromatic N) is 2. The predicted octanol–water partition coefficient (Wildman–Crippen LogP) is 2.02. The van der Waals surface area contributed by atoms with Gasteiger partial charge in [0.1, 0.15) is 5.69 Å². The minimum absolute atomic E-state index is 0.000448. The van der Waals surface area contributed by atoms with Gasteiger partial charge in [-0.15, -0.1) is 0 Å². The van der Waals surface area contributed by atoms with Gasteiger partial charge in [0.2, 0.25) is 0 Å². The first-order chi connectivity index (χ1) is 7.74. The minimum atomic E-state index is 0.000448. The Morgan fingerprint density at radius 3 is 2.88 bits per heavy atom. The van der Waals surface area contributed by atoms with Crippen LogP contribution >= 0.6 is 12.6 Å². The van der Waals surface area contributed by atoms with Crippen LogP contribution < -0.4 is 5.56 Å². The molecule has 0 aliphatic heterocycles. The van der Waals surface area contributed by atoms with Gasteiger partial charge in [0.05, 0.1) is 11.0 Å². The first kappa shape index (κ1) is 11.2. The molecule has 2 aromatic rings. The van der Waals surface area contributed by atoms with Crippen molar-refractivity contribution in [1.29, 1.82) is 0 Å². The summed E-state index contributed by atoms with van der Waals surface area (Å²) in [5, 5.41) is 0. The second-order valence-corrected chi connectivity index (χ2v) is 4.17. The van der Waals surface area contributed by atoms with Crippen LogP contribution in [0.5, 0.6) is 0 Å². The van der Waals surface area contributed by atoms with E-state index in [0.29, 0.717) is 12.2 Å². The quantitative estimate of drug-likeness (QED) is 0.825. The highest BCUT2D eigenvalue weighted by atomic mass is 32.1. The molecule has 0 aliphatic carbocycles. The molecule has 0 fully saturated rings. The molecule has 0 amide bonds. The second kappa shape index (κ2) is 4.70. The lowest BCUT2D eigenvalue weighted by molar-refractivity contribution is 0.675. The number of thiol groups is 1. The van der Waals surface area contributed by atoms with Crippen LogP contribution in [0, 0.1) is 6.92 Å². The number of aryl methyl sites for hydroxylation is 2. The topological polar surface area (TPSA) is 34.9 Å². The number of hydrogen-bond acceptors (Lipinski definition) is 3. The lowest BCUT2D eigenvalue weighted by Gasteiger charge is -2.09. The standard InChI is InChI=1S/C12H14N2OS/c1-9-12(15)14(7-4-8-16)11-6-3-2-5-10(11)13-9/h2-3,5-6,16H,4,7-8H2,1H3. The Bertz CT molecular complexity index is 562. The molecule has 0 saturated carbocycles. The summed E-state index contributed by atoms with van der Waals surface area (Å²) in [4.78, 5) is 16.3. The highest BCUT2D eigenvalue weighted by Crippen LogP contribution is 2.10. The third kappa shape index (κ3) is 1.97. The SMILES string of the molecule is Cc1nc2ccccc2n(CCCS)c1=O. The molecule has 0 unspecified atom stereocenters. The summed E-state index contributed by atoms with van der Waals surface area (Å²) in [6.45, 7) is 2.46. The average molecular weight is 234 g/mol. The minimum Gasteiger partial charge on any atom is -0.305 e. The zero-order valence-corrected chi connectivity index (χ0v) is 10.1. The molecule has 0 spiro atoms. The molecule has 16 heavy (non-hydrogen) atoms. The van der Waals surface area contributed by atoms with Crippen LogP contribution in [0.15, 0.2) is 29.1 Å². The number of hydrogen-bond donors (Lipinski definition) is 1. The lowest BCUT2D eigenvalue weighted by atomic mass is 10.2. The van der Waals surface area contributed by atoms with Crippen molar-refractivity contribution in [2.45, 2.75) is 19.9 Å². The van der Waals surface area contributed by atoms with Gasteiger partial charge in [-0.2, -0.15) is 12.6 Å². The maximum atomic E-state index is 12.0. The Morgan fingerprint density at radius 2 is 2.12 bits per heavy atom. The van der Waals surface area contributed by atoms with Crippen LogP contribution in [0.3, 0.4) is 0 Å². The summed E-state index contributed by atoms with van der Waals surface area (Å²) in [7, 11) is 0. The van der Waals surface area contributed by atoms with Crippen molar-refractivity contribution in [3.05, 3.63) is 40.3 Å². The van der Waals surface area contributed by atoms with Gasteiger partial charge in [-0.1, -0.05) is 12.1 Å². The Balaban J connectivity index is 2.66. The Morgan fingerprint density at radius 1 is 1.38 bits per heavy atom. The van der Waals surface area contributed by atoms with E-state index in [1.54, 1.807) is 11.5 Å². The van der Waals surface area contributed by atoms with Crippen molar-refractivity contribution in [2.24, 2.45) is 0 Å². The molecule has 1 aromatic heterocycles. The molecule has 84 valence electrons. The van der Waals surface area contributed by atoms with Crippen LogP contribution in [-0.4, -0.2) is 15.3 Å². The van der Waals surface area contributed by atoms with E-state index in [0.717, 1.165) is 23.2 Å². The molecule has 0 N–H and O–H groups in total. The lowest BCUT2D eigenvalue weighted by Crippen LogP contribution is -2.24. The summed E-state index contributed by atoms with van der Waals surface area (Å²) >= 11 is 4.17. The van der Waals surface area contributed by atoms with Gasteiger partial charge in [0.25, 0.3) is 5.56 Å². The van der Waals surface area contributed by atoms with E-state index in [-0.39, 0.29) is 5.56 Å². The van der Waals surface area contributed by atoms with Crippen LogP contribution in [0.2, 0.25) is 0 Å². The van der Waals surface area contributed by atoms with Crippen molar-refractivity contribution in [3.63, 3.8) is 0 Å². The summed E-state index contributed by atoms with van der Waals surface area (Å²) in [6.07, 6.45) is 0.885. The maximum Gasteiger partial charge on any atom is 0.272 e. The molecule has 0 atom stereocenters. The first-order valence-corrected chi connectivity index (χ1v) is 5.94. The van der Waals surface area contributed by atoms with Crippen molar-refractivity contribution >= 4 is 23.7 Å². The molecule has 2 rings (SSSR count). The summed E-state index contributed by atoms with van der Waals surface area (Å²) < 4.78 is 1.79. The summed E-state index contributed by atoms with van der Waals surface area (Å²) in [5.74, 6) is 0.780. The monoisotopic (exact) mass is 234 g/mol. The Kier molecular flexibility index (Phi) is 3.29. The van der Waals surface area contributed by atoms with Gasteiger partial charge in [-0.3, -0.25) is 4.79 Å². The fraction of sp³-hybridized carbons (Fsp3) is 0.333. The molecule has 3 nitrogen and oxygen atoms in total. The molecule has 0 bridgehead atoms. The van der Waals surface area contributed by atoms with Crippen LogP contribution in [0.1, 0.15) is 12.1 Å². The Hall–Kier alpha value is -1.29. The zero-order chi connectivity index (χ0) is 11.5. The van der Waals surface area contributed by atoms with Gasteiger partial charge < -0.3 is 4.57 Å². The molecule has 0 radical (unpaired) electrons. The highest BCUT2D eigenvalue weighted by molar-refractivity contribution is 7.80. The van der Waals surface area contributed by atoms with Crippen molar-refractivity contribution in [2.75, 3.05) is 5.75 Å². The molecule has 0 aliphatic rings. The zero-order valence-electron chi connectivity index (χ0n) is 9.18. The van der Waals surface area contributed by atoms with E-state index in [1.807, 2.05) is 24.3 Å². The van der Waals surface area contributed by atoms with E-state index in [4.69, 9.17) is 0 Å². The summed E-state index contributed by atoms with van der Waals surface area (Å²) in [5.41, 5.74) is 2.33. The van der Waals surface area contributed by atoms with Crippen LogP contribution in [0.25, 0.3) is 11.0 Å². The van der Waals surface area contributed by atoms with Crippen LogP contribution in [0.4, 0.5) is 0 Å². The normalized spacial score (nSPS) is 10.9. The van der Waals surface area contributed by atoms with E-state index in [9.17, 15) is 4.79 Å². The van der Waals surface area contributed by atoms with Crippen molar-refractivity contribution < 1.29 is 0 Å². The molecular formula is C12H14N2OS. The number of para-hydroxylation sites is 2. The molecule has 4 heteroatoms. The predicted molar refractivity (Wildman–Crippen MR) is 69.2 cm³/mol. The smallest absolute Gasteiger partial charge is 0.272 e. The number of rotatable bonds is 3. The van der Waals surface area contributed by atoms with Gasteiger partial charge in [0.15, 0.2) is 0 Å². The summed E-state index contributed by atoms with van der Waals surface area (Å²) in [6, 6.07) is 7.72. The van der Waals surface area contributed by atoms with E-state index in [1.165, 1.54) is 0 Å². The first-order valence-electron chi connectivity index (χ1n) is 5.31. The molecule has 0 saturated heterocycles. The maximum absolute atomic E-state index is 12.0. The van der Waals surface area contributed by atoms with Gasteiger partial charge in [0, 0.05) is 6.54 Å². The van der Waals surface area contributed by atoms with Gasteiger partial charge >= 0.3 is 0 Å². The molecule has 1 aromatic carbocycles. The molecular weight excluding hydrogens is 220 g/mol. The largest absolute Gasteiger partial charge is 0.305 e. The average Bonchev–Trinajstić information content (AvgIpc) is 2.30. The second-order valence-electron chi connectivity index (χ2n) is 3.72. The van der Waals surface area contributed by atoms with Crippen molar-refractivity contribution in [1.82, 2.24) is 9.55 Å². The fourth-order valence-corrected chi connectivity index (χ4v) is 1.91. The Labute approximate surface area is 99.5 Å². The number of benzene rings is 1. The number of fused-ring (bicyclic) bond motifs is 1. The van der Waals surface area contributed by atoms with Crippen molar-refractivity contribution in [3.8, 4) is 0 Å². The van der Waals surface area contributed by atoms with Crippen LogP contribution in [-0.2, 0) is 6.54 Å². The van der Waals surface area contributed by atoms with E-state index < -0.39 is 0 Å². The van der Waals surface area contributed by atoms with Gasteiger partial charge in [-0.25, -0.2) is 4.98 Å². The van der Waals surface area contributed by atoms with Gasteiger partial charge in [-0.05, 0) is 31.2 Å². The third-order valence-corrected chi connectivity index (χ3v) is 2.87. The van der Waals surface area contributed by atoms with E-state index in [2.05, 4.69) is 17.6 Å². The molecule has 1 heterocycles. The third-order valence-electron chi connectivity index (χ3n) is 2.56. The number of aromatic nitrogens is 2. The van der Waals surface area contributed by atoms with E-state index >= 15 is 0 Å².